The number of hydrogen-bond acceptors (Lipinski definition) is 3. The third-order valence-corrected chi connectivity index (χ3v) is 5.28. The van der Waals surface area contributed by atoms with E-state index in [1.807, 2.05) is 20.8 Å². The summed E-state index contributed by atoms with van der Waals surface area (Å²) in [4.78, 5) is 0. The minimum Gasteiger partial charge on any atom is -0.330 e. The quantitative estimate of drug-likeness (QED) is 0.710. The maximum Gasteiger partial charge on any atom is 0.153 e. The molecule has 0 aliphatic rings. The SMILES string of the molecule is CCC(C)CS(=O)(=O)C(CC)CCN. The Morgan fingerprint density at radius 1 is 1.21 bits per heavy atom. The minimum atomic E-state index is -2.93. The van der Waals surface area contributed by atoms with E-state index in [4.69, 9.17) is 5.73 Å². The molecule has 0 amide bonds. The van der Waals surface area contributed by atoms with Crippen LogP contribution < -0.4 is 5.73 Å². The van der Waals surface area contributed by atoms with Crippen LogP contribution in [0.3, 0.4) is 0 Å². The van der Waals surface area contributed by atoms with Gasteiger partial charge in [0.2, 0.25) is 0 Å². The van der Waals surface area contributed by atoms with Gasteiger partial charge in [-0.3, -0.25) is 0 Å². The van der Waals surface area contributed by atoms with Crippen molar-refractivity contribution in [2.45, 2.75) is 45.3 Å². The van der Waals surface area contributed by atoms with E-state index < -0.39 is 9.84 Å². The molecule has 0 aromatic rings. The maximum absolute atomic E-state index is 11.9. The average Bonchev–Trinajstić information content (AvgIpc) is 2.12. The first-order chi connectivity index (χ1) is 6.47. The highest BCUT2D eigenvalue weighted by molar-refractivity contribution is 7.92. The molecule has 0 fully saturated rings. The van der Waals surface area contributed by atoms with Crippen LogP contribution in [0.4, 0.5) is 0 Å². The predicted octanol–water partition coefficient (Wildman–Crippen LogP) is 1.57. The van der Waals surface area contributed by atoms with E-state index in [9.17, 15) is 8.42 Å². The summed E-state index contributed by atoms with van der Waals surface area (Å²) >= 11 is 0. The first-order valence-electron chi connectivity index (χ1n) is 5.39. The van der Waals surface area contributed by atoms with Gasteiger partial charge in [-0.15, -0.1) is 0 Å². The van der Waals surface area contributed by atoms with Crippen LogP contribution in [0.25, 0.3) is 0 Å². The lowest BCUT2D eigenvalue weighted by Crippen LogP contribution is -2.28. The van der Waals surface area contributed by atoms with E-state index in [1.54, 1.807) is 0 Å². The van der Waals surface area contributed by atoms with Crippen molar-refractivity contribution in [3.8, 4) is 0 Å². The fourth-order valence-electron chi connectivity index (χ4n) is 1.47. The Morgan fingerprint density at radius 2 is 1.79 bits per heavy atom. The van der Waals surface area contributed by atoms with Gasteiger partial charge in [0.1, 0.15) is 0 Å². The second kappa shape index (κ2) is 6.40. The molecule has 0 saturated heterocycles. The Hall–Kier alpha value is -0.0900. The van der Waals surface area contributed by atoms with Crippen LogP contribution in [-0.2, 0) is 9.84 Å². The van der Waals surface area contributed by atoms with E-state index in [0.29, 0.717) is 25.1 Å². The van der Waals surface area contributed by atoms with E-state index in [2.05, 4.69) is 0 Å². The van der Waals surface area contributed by atoms with Crippen LogP contribution >= 0.6 is 0 Å². The molecule has 2 atom stereocenters. The molecule has 4 heteroatoms. The monoisotopic (exact) mass is 221 g/mol. The van der Waals surface area contributed by atoms with Crippen LogP contribution in [0, 0.1) is 5.92 Å². The molecule has 86 valence electrons. The molecule has 2 unspecified atom stereocenters. The molecule has 0 saturated carbocycles. The molecule has 0 aromatic heterocycles. The lowest BCUT2D eigenvalue weighted by molar-refractivity contribution is 0.542. The van der Waals surface area contributed by atoms with Crippen molar-refractivity contribution in [1.82, 2.24) is 0 Å². The zero-order valence-electron chi connectivity index (χ0n) is 9.49. The Labute approximate surface area is 88.0 Å². The standard InChI is InChI=1S/C10H23NO2S/c1-4-9(3)8-14(12,13)10(5-2)6-7-11/h9-10H,4-8,11H2,1-3H3. The molecular weight excluding hydrogens is 198 g/mol. The summed E-state index contributed by atoms with van der Waals surface area (Å²) in [7, 11) is -2.93. The molecule has 0 bridgehead atoms. The minimum absolute atomic E-state index is 0.235. The van der Waals surface area contributed by atoms with Crippen molar-refractivity contribution >= 4 is 9.84 Å². The average molecular weight is 221 g/mol. The lowest BCUT2D eigenvalue weighted by Gasteiger charge is -2.17. The second-order valence-electron chi connectivity index (χ2n) is 3.95. The Balaban J connectivity index is 4.41. The van der Waals surface area contributed by atoms with Crippen molar-refractivity contribution < 1.29 is 8.42 Å². The zero-order valence-corrected chi connectivity index (χ0v) is 10.3. The van der Waals surface area contributed by atoms with Gasteiger partial charge in [-0.1, -0.05) is 27.2 Å². The maximum atomic E-state index is 11.9. The summed E-state index contributed by atoms with van der Waals surface area (Å²) in [6, 6.07) is 0. The molecule has 0 rings (SSSR count). The smallest absolute Gasteiger partial charge is 0.153 e. The van der Waals surface area contributed by atoms with Crippen molar-refractivity contribution in [2.75, 3.05) is 12.3 Å². The van der Waals surface area contributed by atoms with Crippen molar-refractivity contribution in [3.05, 3.63) is 0 Å². The van der Waals surface area contributed by atoms with E-state index >= 15 is 0 Å². The summed E-state index contributed by atoms with van der Waals surface area (Å²) in [5, 5.41) is -0.235. The summed E-state index contributed by atoms with van der Waals surface area (Å²) in [5.41, 5.74) is 5.40. The first-order valence-corrected chi connectivity index (χ1v) is 7.11. The van der Waals surface area contributed by atoms with Gasteiger partial charge in [0.05, 0.1) is 11.0 Å². The van der Waals surface area contributed by atoms with E-state index in [0.717, 1.165) is 6.42 Å². The fourth-order valence-corrected chi connectivity index (χ4v) is 3.78. The molecule has 2 N–H and O–H groups in total. The van der Waals surface area contributed by atoms with Gasteiger partial charge in [-0.25, -0.2) is 8.42 Å². The molecule has 0 radical (unpaired) electrons. The van der Waals surface area contributed by atoms with Gasteiger partial charge >= 0.3 is 0 Å². The van der Waals surface area contributed by atoms with Crippen LogP contribution in [0.5, 0.6) is 0 Å². The molecule has 14 heavy (non-hydrogen) atoms. The summed E-state index contributed by atoms with van der Waals surface area (Å²) in [5.74, 6) is 0.564. The molecule has 0 spiro atoms. The third kappa shape index (κ3) is 4.42. The summed E-state index contributed by atoms with van der Waals surface area (Å²) in [6.45, 7) is 6.36. The Kier molecular flexibility index (Phi) is 6.36. The zero-order chi connectivity index (χ0) is 11.2. The van der Waals surface area contributed by atoms with Crippen LogP contribution in [0.2, 0.25) is 0 Å². The topological polar surface area (TPSA) is 60.2 Å². The molecule has 0 aromatic carbocycles. The van der Waals surface area contributed by atoms with Gasteiger partial charge in [-0.05, 0) is 25.3 Å². The van der Waals surface area contributed by atoms with Gasteiger partial charge in [0, 0.05) is 0 Å². The Morgan fingerprint density at radius 3 is 2.14 bits per heavy atom. The normalized spacial score (nSPS) is 16.6. The summed E-state index contributed by atoms with van der Waals surface area (Å²) < 4.78 is 23.7. The number of sulfone groups is 1. The molecule has 3 nitrogen and oxygen atoms in total. The van der Waals surface area contributed by atoms with Crippen molar-refractivity contribution in [3.63, 3.8) is 0 Å². The van der Waals surface area contributed by atoms with Crippen LogP contribution in [-0.4, -0.2) is 26.0 Å². The van der Waals surface area contributed by atoms with Crippen molar-refractivity contribution in [2.24, 2.45) is 11.7 Å². The molecular formula is C10H23NO2S. The van der Waals surface area contributed by atoms with Gasteiger partial charge in [-0.2, -0.15) is 0 Å². The number of nitrogens with two attached hydrogens (primary N) is 1. The summed E-state index contributed by atoms with van der Waals surface area (Å²) in [6.07, 6.45) is 2.18. The Bertz CT molecular complexity index is 237. The highest BCUT2D eigenvalue weighted by Crippen LogP contribution is 2.15. The number of rotatable bonds is 7. The fraction of sp³-hybridized carbons (Fsp3) is 1.00. The van der Waals surface area contributed by atoms with E-state index in [-0.39, 0.29) is 11.2 Å². The second-order valence-corrected chi connectivity index (χ2v) is 6.28. The first kappa shape index (κ1) is 13.9. The lowest BCUT2D eigenvalue weighted by atomic mass is 10.2. The van der Waals surface area contributed by atoms with E-state index in [1.165, 1.54) is 0 Å². The molecule has 0 aliphatic heterocycles. The third-order valence-electron chi connectivity index (χ3n) is 2.67. The van der Waals surface area contributed by atoms with Gasteiger partial charge < -0.3 is 5.73 Å². The van der Waals surface area contributed by atoms with Crippen LogP contribution in [0.1, 0.15) is 40.0 Å². The highest BCUT2D eigenvalue weighted by Gasteiger charge is 2.24. The predicted molar refractivity (Wildman–Crippen MR) is 61.0 cm³/mol. The number of hydrogen-bond donors (Lipinski definition) is 1. The van der Waals surface area contributed by atoms with Crippen LogP contribution in [0.15, 0.2) is 0 Å². The van der Waals surface area contributed by atoms with Gasteiger partial charge in [0.15, 0.2) is 9.84 Å². The molecule has 0 aliphatic carbocycles. The van der Waals surface area contributed by atoms with Gasteiger partial charge in [0.25, 0.3) is 0 Å². The molecule has 0 heterocycles. The highest BCUT2D eigenvalue weighted by atomic mass is 32.2. The van der Waals surface area contributed by atoms with Crippen molar-refractivity contribution in [1.29, 1.82) is 0 Å². The largest absolute Gasteiger partial charge is 0.330 e.